The molecule has 104 valence electrons. The molecule has 0 saturated heterocycles. The van der Waals surface area contributed by atoms with Crippen molar-refractivity contribution in [2.24, 2.45) is 0 Å². The first kappa shape index (κ1) is 14.9. The predicted molar refractivity (Wildman–Crippen MR) is 64.7 cm³/mol. The van der Waals surface area contributed by atoms with Gasteiger partial charge in [-0.3, -0.25) is 10.1 Å². The second kappa shape index (κ2) is 6.67. The van der Waals surface area contributed by atoms with Gasteiger partial charge >= 0.3 is 11.8 Å². The molecule has 0 radical (unpaired) electrons. The molecule has 1 aromatic carbocycles. The molecule has 0 unspecified atom stereocenters. The fourth-order valence-corrected chi connectivity index (χ4v) is 1.51. The largest absolute Gasteiger partial charge is 0.513 e. The van der Waals surface area contributed by atoms with Crippen LogP contribution in [-0.2, 0) is 11.2 Å². The summed E-state index contributed by atoms with van der Waals surface area (Å²) in [5.41, 5.74) is -0.338. The summed E-state index contributed by atoms with van der Waals surface area (Å²) in [6.07, 6.45) is 1.06. The lowest BCUT2D eigenvalue weighted by Crippen LogP contribution is -2.10. The Morgan fingerprint density at radius 2 is 2.16 bits per heavy atom. The molecular formula is C12H14FNO5. The van der Waals surface area contributed by atoms with E-state index in [4.69, 9.17) is 4.74 Å². The van der Waals surface area contributed by atoms with E-state index in [1.54, 1.807) is 0 Å². The van der Waals surface area contributed by atoms with Crippen molar-refractivity contribution in [1.29, 1.82) is 0 Å². The number of nitrogens with zero attached hydrogens (tertiary/aromatic N) is 1. The van der Waals surface area contributed by atoms with E-state index >= 15 is 0 Å². The third-order valence-electron chi connectivity index (χ3n) is 2.49. The second-order valence-corrected chi connectivity index (χ2v) is 3.83. The molecule has 1 aromatic rings. The van der Waals surface area contributed by atoms with Crippen molar-refractivity contribution in [3.8, 4) is 5.75 Å². The SMILES string of the molecule is CCCCc1cc(F)c([N+](=O)[O-])cc1OC(=O)OC. The smallest absolute Gasteiger partial charge is 0.437 e. The van der Waals surface area contributed by atoms with E-state index in [0.29, 0.717) is 12.0 Å². The Hall–Kier alpha value is -2.18. The average molecular weight is 271 g/mol. The number of nitro groups is 1. The van der Waals surface area contributed by atoms with Crippen LogP contribution < -0.4 is 4.74 Å². The van der Waals surface area contributed by atoms with E-state index in [1.165, 1.54) is 0 Å². The molecule has 6 nitrogen and oxygen atoms in total. The first-order chi connectivity index (χ1) is 8.99. The summed E-state index contributed by atoms with van der Waals surface area (Å²) in [4.78, 5) is 20.8. The van der Waals surface area contributed by atoms with Crippen LogP contribution in [0.25, 0.3) is 0 Å². The Morgan fingerprint density at radius 1 is 1.47 bits per heavy atom. The van der Waals surface area contributed by atoms with Crippen LogP contribution in [0.3, 0.4) is 0 Å². The molecule has 0 spiro atoms. The monoisotopic (exact) mass is 271 g/mol. The topological polar surface area (TPSA) is 78.7 Å². The van der Waals surface area contributed by atoms with E-state index in [1.807, 2.05) is 6.92 Å². The third-order valence-corrected chi connectivity index (χ3v) is 2.49. The zero-order chi connectivity index (χ0) is 14.4. The van der Waals surface area contributed by atoms with Gasteiger partial charge in [-0.15, -0.1) is 0 Å². The number of methoxy groups -OCH3 is 1. The Balaban J connectivity index is 3.16. The highest BCUT2D eigenvalue weighted by atomic mass is 19.1. The van der Waals surface area contributed by atoms with Gasteiger partial charge < -0.3 is 9.47 Å². The molecule has 0 heterocycles. The molecule has 1 rings (SSSR count). The first-order valence-corrected chi connectivity index (χ1v) is 5.72. The van der Waals surface area contributed by atoms with Crippen molar-refractivity contribution in [3.05, 3.63) is 33.6 Å². The predicted octanol–water partition coefficient (Wildman–Crippen LogP) is 3.22. The summed E-state index contributed by atoms with van der Waals surface area (Å²) in [7, 11) is 1.12. The lowest BCUT2D eigenvalue weighted by Gasteiger charge is -2.09. The van der Waals surface area contributed by atoms with E-state index in [2.05, 4.69) is 4.74 Å². The highest BCUT2D eigenvalue weighted by Crippen LogP contribution is 2.29. The van der Waals surface area contributed by atoms with E-state index in [0.717, 1.165) is 32.1 Å². The molecule has 0 fully saturated rings. The number of hydrogen-bond acceptors (Lipinski definition) is 5. The molecule has 0 aliphatic heterocycles. The van der Waals surface area contributed by atoms with Crippen molar-refractivity contribution in [3.63, 3.8) is 0 Å². The molecule has 0 N–H and O–H groups in total. The van der Waals surface area contributed by atoms with Gasteiger partial charge in [0.2, 0.25) is 5.82 Å². The molecule has 0 saturated carbocycles. The van der Waals surface area contributed by atoms with Gasteiger partial charge in [0.15, 0.2) is 0 Å². The Bertz CT molecular complexity index is 489. The standard InChI is InChI=1S/C12H14FNO5/c1-3-4-5-8-6-9(13)10(14(16)17)7-11(8)19-12(15)18-2/h6-7H,3-5H2,1-2H3. The number of carbonyl (C=O) groups excluding carboxylic acids is 1. The van der Waals surface area contributed by atoms with Crippen LogP contribution >= 0.6 is 0 Å². The van der Waals surface area contributed by atoms with Crippen molar-refractivity contribution >= 4 is 11.8 Å². The number of ether oxygens (including phenoxy) is 2. The van der Waals surface area contributed by atoms with Gasteiger partial charge in [-0.1, -0.05) is 13.3 Å². The number of benzene rings is 1. The lowest BCUT2D eigenvalue weighted by molar-refractivity contribution is -0.387. The molecule has 0 amide bonds. The first-order valence-electron chi connectivity index (χ1n) is 5.72. The van der Waals surface area contributed by atoms with Gasteiger partial charge in [-0.05, 0) is 24.5 Å². The number of aryl methyl sites for hydroxylation is 1. The van der Waals surface area contributed by atoms with Crippen molar-refractivity contribution in [2.45, 2.75) is 26.2 Å². The van der Waals surface area contributed by atoms with Crippen LogP contribution in [0.2, 0.25) is 0 Å². The van der Waals surface area contributed by atoms with Crippen LogP contribution in [0.4, 0.5) is 14.9 Å². The van der Waals surface area contributed by atoms with Gasteiger partial charge in [0, 0.05) is 0 Å². The number of nitro benzene ring substituents is 1. The molecule has 0 bridgehead atoms. The molecular weight excluding hydrogens is 257 g/mol. The van der Waals surface area contributed by atoms with Crippen LogP contribution in [-0.4, -0.2) is 18.2 Å². The summed E-state index contributed by atoms with van der Waals surface area (Å²) < 4.78 is 22.6. The molecule has 19 heavy (non-hydrogen) atoms. The van der Waals surface area contributed by atoms with Crippen molar-refractivity contribution in [1.82, 2.24) is 0 Å². The maximum Gasteiger partial charge on any atom is 0.513 e. The highest BCUT2D eigenvalue weighted by molar-refractivity contribution is 5.65. The van der Waals surface area contributed by atoms with Gasteiger partial charge in [0.1, 0.15) is 5.75 Å². The van der Waals surface area contributed by atoms with E-state index in [-0.39, 0.29) is 5.75 Å². The lowest BCUT2D eigenvalue weighted by atomic mass is 10.1. The Morgan fingerprint density at radius 3 is 2.68 bits per heavy atom. The zero-order valence-electron chi connectivity index (χ0n) is 10.6. The quantitative estimate of drug-likeness (QED) is 0.355. The minimum Gasteiger partial charge on any atom is -0.437 e. The van der Waals surface area contributed by atoms with Crippen LogP contribution in [0, 0.1) is 15.9 Å². The number of unbranched alkanes of at least 4 members (excludes halogenated alkanes) is 1. The molecule has 0 atom stereocenters. The Labute approximate surface area is 109 Å². The summed E-state index contributed by atoms with van der Waals surface area (Å²) in [5, 5.41) is 10.6. The normalized spacial score (nSPS) is 10.1. The van der Waals surface area contributed by atoms with Gasteiger partial charge in [-0.25, -0.2) is 4.79 Å². The summed E-state index contributed by atoms with van der Waals surface area (Å²) in [5.74, 6) is -0.998. The van der Waals surface area contributed by atoms with Gasteiger partial charge in [0.05, 0.1) is 18.1 Å². The Kier molecular flexibility index (Phi) is 5.23. The zero-order valence-corrected chi connectivity index (χ0v) is 10.6. The number of rotatable bonds is 5. The fraction of sp³-hybridized carbons (Fsp3) is 0.417. The minimum atomic E-state index is -1.00. The van der Waals surface area contributed by atoms with Gasteiger partial charge in [-0.2, -0.15) is 4.39 Å². The summed E-state index contributed by atoms with van der Waals surface area (Å²) in [6, 6.07) is 1.92. The minimum absolute atomic E-state index is 0.0478. The fourth-order valence-electron chi connectivity index (χ4n) is 1.51. The maximum atomic E-state index is 13.5. The van der Waals surface area contributed by atoms with Gasteiger partial charge in [0.25, 0.3) is 0 Å². The van der Waals surface area contributed by atoms with E-state index in [9.17, 15) is 19.3 Å². The average Bonchev–Trinajstić information content (AvgIpc) is 2.37. The second-order valence-electron chi connectivity index (χ2n) is 3.83. The number of carbonyl (C=O) groups is 1. The third kappa shape index (κ3) is 3.90. The summed E-state index contributed by atoms with van der Waals surface area (Å²) in [6.45, 7) is 1.95. The highest BCUT2D eigenvalue weighted by Gasteiger charge is 2.20. The van der Waals surface area contributed by atoms with Crippen molar-refractivity contribution in [2.75, 3.05) is 7.11 Å². The number of hydrogen-bond donors (Lipinski definition) is 0. The molecule has 0 aliphatic carbocycles. The van der Waals surface area contributed by atoms with Crippen molar-refractivity contribution < 1.29 is 23.6 Å². The van der Waals surface area contributed by atoms with Crippen LogP contribution in [0.15, 0.2) is 12.1 Å². The van der Waals surface area contributed by atoms with Crippen LogP contribution in [0.1, 0.15) is 25.3 Å². The van der Waals surface area contributed by atoms with E-state index < -0.39 is 22.6 Å². The summed E-state index contributed by atoms with van der Waals surface area (Å²) >= 11 is 0. The van der Waals surface area contributed by atoms with Crippen LogP contribution in [0.5, 0.6) is 5.75 Å². The molecule has 0 aliphatic rings. The number of halogens is 1. The molecule has 0 aromatic heterocycles. The molecule has 7 heteroatoms. The maximum absolute atomic E-state index is 13.5.